The Labute approximate surface area is 189 Å². The summed E-state index contributed by atoms with van der Waals surface area (Å²) < 4.78 is 33.9. The zero-order chi connectivity index (χ0) is 23.5. The van der Waals surface area contributed by atoms with E-state index in [0.29, 0.717) is 17.1 Å². The van der Waals surface area contributed by atoms with Gasteiger partial charge in [-0.15, -0.1) is 0 Å². The lowest BCUT2D eigenvalue weighted by Crippen LogP contribution is -2.30. The van der Waals surface area contributed by atoms with Crippen LogP contribution < -0.4 is 14.8 Å². The lowest BCUT2D eigenvalue weighted by atomic mass is 10.1. The number of aryl methyl sites for hydroxylation is 3. The van der Waals surface area contributed by atoms with Gasteiger partial charge in [0.1, 0.15) is 5.75 Å². The normalized spacial score (nSPS) is 12.2. The van der Waals surface area contributed by atoms with E-state index >= 15 is 0 Å². The molecule has 0 aliphatic heterocycles. The van der Waals surface area contributed by atoms with Gasteiger partial charge >= 0.3 is 0 Å². The number of carbonyl (C=O) groups excluding carboxylic acids is 1. The minimum atomic E-state index is -3.75. The summed E-state index contributed by atoms with van der Waals surface area (Å²) in [5.74, 6) is 0.335. The molecular formula is C25H28N2O4S. The van der Waals surface area contributed by atoms with E-state index in [1.165, 1.54) is 12.1 Å². The van der Waals surface area contributed by atoms with Gasteiger partial charge in [0.15, 0.2) is 6.10 Å². The molecule has 0 fully saturated rings. The third kappa shape index (κ3) is 5.48. The van der Waals surface area contributed by atoms with Crippen molar-refractivity contribution in [2.24, 2.45) is 0 Å². The van der Waals surface area contributed by atoms with Gasteiger partial charge in [-0.25, -0.2) is 8.42 Å². The zero-order valence-corrected chi connectivity index (χ0v) is 19.7. The fraction of sp³-hybridized carbons (Fsp3) is 0.240. The molecule has 2 N–H and O–H groups in total. The number of ether oxygens (including phenoxy) is 1. The maximum atomic E-state index is 12.8. The van der Waals surface area contributed by atoms with Gasteiger partial charge in [-0.05, 0) is 93.3 Å². The Morgan fingerprint density at radius 1 is 0.906 bits per heavy atom. The summed E-state index contributed by atoms with van der Waals surface area (Å²) in [6.07, 6.45) is -0.718. The lowest BCUT2D eigenvalue weighted by molar-refractivity contribution is -0.122. The second kappa shape index (κ2) is 9.44. The van der Waals surface area contributed by atoms with Crippen LogP contribution in [0.25, 0.3) is 0 Å². The van der Waals surface area contributed by atoms with E-state index in [0.717, 1.165) is 22.3 Å². The van der Waals surface area contributed by atoms with Crippen molar-refractivity contribution in [1.82, 2.24) is 0 Å². The van der Waals surface area contributed by atoms with Crippen molar-refractivity contribution in [3.8, 4) is 5.75 Å². The molecule has 0 bridgehead atoms. The SMILES string of the molecule is Cc1ccc(C)c(NS(=O)(=O)c2ccc(NC(=O)[C@@H](C)Oc3cccc(C)c3C)cc2)c1. The molecule has 3 rings (SSSR count). The Kier molecular flexibility index (Phi) is 6.89. The molecule has 6 nitrogen and oxygen atoms in total. The smallest absolute Gasteiger partial charge is 0.265 e. The molecule has 32 heavy (non-hydrogen) atoms. The maximum Gasteiger partial charge on any atom is 0.265 e. The van der Waals surface area contributed by atoms with Gasteiger partial charge in [-0.1, -0.05) is 24.3 Å². The third-order valence-electron chi connectivity index (χ3n) is 5.30. The minimum absolute atomic E-state index is 0.107. The van der Waals surface area contributed by atoms with Gasteiger partial charge in [0, 0.05) is 5.69 Å². The first-order valence-electron chi connectivity index (χ1n) is 10.3. The summed E-state index contributed by atoms with van der Waals surface area (Å²) >= 11 is 0. The van der Waals surface area contributed by atoms with Crippen molar-refractivity contribution in [1.29, 1.82) is 0 Å². The molecule has 0 radical (unpaired) electrons. The fourth-order valence-electron chi connectivity index (χ4n) is 3.11. The van der Waals surface area contributed by atoms with Crippen LogP contribution in [0.3, 0.4) is 0 Å². The second-order valence-corrected chi connectivity index (χ2v) is 9.58. The van der Waals surface area contributed by atoms with Crippen LogP contribution >= 0.6 is 0 Å². The number of rotatable bonds is 7. The van der Waals surface area contributed by atoms with Gasteiger partial charge in [-0.3, -0.25) is 9.52 Å². The van der Waals surface area contributed by atoms with E-state index in [2.05, 4.69) is 10.0 Å². The molecule has 0 heterocycles. The quantitative estimate of drug-likeness (QED) is 0.521. The average Bonchev–Trinajstić information content (AvgIpc) is 2.74. The van der Waals surface area contributed by atoms with E-state index < -0.39 is 16.1 Å². The van der Waals surface area contributed by atoms with Crippen molar-refractivity contribution in [3.05, 3.63) is 82.9 Å². The third-order valence-corrected chi connectivity index (χ3v) is 6.68. The highest BCUT2D eigenvalue weighted by atomic mass is 32.2. The Morgan fingerprint density at radius 2 is 1.59 bits per heavy atom. The Bertz CT molecular complexity index is 1240. The Balaban J connectivity index is 1.67. The number of anilines is 2. The van der Waals surface area contributed by atoms with Gasteiger partial charge in [0.05, 0.1) is 10.6 Å². The van der Waals surface area contributed by atoms with Crippen LogP contribution in [0.2, 0.25) is 0 Å². The number of carbonyl (C=O) groups is 1. The molecule has 0 aliphatic rings. The highest BCUT2D eigenvalue weighted by molar-refractivity contribution is 7.92. The number of nitrogens with one attached hydrogen (secondary N) is 2. The maximum absolute atomic E-state index is 12.8. The van der Waals surface area contributed by atoms with Crippen LogP contribution in [-0.4, -0.2) is 20.4 Å². The van der Waals surface area contributed by atoms with Crippen molar-refractivity contribution >= 4 is 27.3 Å². The number of amides is 1. The average molecular weight is 453 g/mol. The van der Waals surface area contributed by atoms with Crippen molar-refractivity contribution in [3.63, 3.8) is 0 Å². The first-order valence-corrected chi connectivity index (χ1v) is 11.8. The molecule has 7 heteroatoms. The monoisotopic (exact) mass is 452 g/mol. The molecular weight excluding hydrogens is 424 g/mol. The van der Waals surface area contributed by atoms with Gasteiger partial charge in [-0.2, -0.15) is 0 Å². The molecule has 0 saturated heterocycles. The van der Waals surface area contributed by atoms with Crippen LogP contribution in [0.5, 0.6) is 5.75 Å². The summed E-state index contributed by atoms with van der Waals surface area (Å²) in [6.45, 7) is 9.35. The van der Waals surface area contributed by atoms with Crippen LogP contribution in [0.1, 0.15) is 29.2 Å². The standard InChI is InChI=1S/C25H28N2O4S/c1-16-9-10-18(3)23(15-16)27-32(29,30)22-13-11-21(12-14-22)26-25(28)20(5)31-24-8-6-7-17(2)19(24)4/h6-15,20,27H,1-5H3,(H,26,28)/t20-/m1/s1. The molecule has 0 aromatic heterocycles. The molecule has 0 unspecified atom stereocenters. The van der Waals surface area contributed by atoms with Crippen LogP contribution in [0.4, 0.5) is 11.4 Å². The van der Waals surface area contributed by atoms with Crippen LogP contribution in [0, 0.1) is 27.7 Å². The number of hydrogen-bond donors (Lipinski definition) is 2. The van der Waals surface area contributed by atoms with E-state index in [1.54, 1.807) is 25.1 Å². The summed E-state index contributed by atoms with van der Waals surface area (Å²) in [5, 5.41) is 2.76. The second-order valence-electron chi connectivity index (χ2n) is 7.90. The molecule has 0 aliphatic carbocycles. The number of benzene rings is 3. The molecule has 3 aromatic rings. The first-order chi connectivity index (χ1) is 15.1. The number of sulfonamides is 1. The lowest BCUT2D eigenvalue weighted by Gasteiger charge is -2.17. The van der Waals surface area contributed by atoms with Gasteiger partial charge in [0.2, 0.25) is 0 Å². The molecule has 3 aromatic carbocycles. The molecule has 1 amide bonds. The van der Waals surface area contributed by atoms with E-state index in [9.17, 15) is 13.2 Å². The largest absolute Gasteiger partial charge is 0.481 e. The fourth-order valence-corrected chi connectivity index (χ4v) is 4.23. The van der Waals surface area contributed by atoms with E-state index in [4.69, 9.17) is 4.74 Å². The summed E-state index contributed by atoms with van der Waals surface area (Å²) in [4.78, 5) is 12.6. The predicted octanol–water partition coefficient (Wildman–Crippen LogP) is 5.13. The first kappa shape index (κ1) is 23.3. The molecule has 0 spiro atoms. The van der Waals surface area contributed by atoms with Crippen LogP contribution in [0.15, 0.2) is 65.6 Å². The minimum Gasteiger partial charge on any atom is -0.481 e. The van der Waals surface area contributed by atoms with E-state index in [1.807, 2.05) is 58.0 Å². The van der Waals surface area contributed by atoms with Gasteiger partial charge in [0.25, 0.3) is 15.9 Å². The topological polar surface area (TPSA) is 84.5 Å². The highest BCUT2D eigenvalue weighted by Crippen LogP contribution is 2.24. The van der Waals surface area contributed by atoms with Gasteiger partial charge < -0.3 is 10.1 Å². The predicted molar refractivity (Wildman–Crippen MR) is 128 cm³/mol. The molecule has 1 atom stereocenters. The summed E-state index contributed by atoms with van der Waals surface area (Å²) in [5.41, 5.74) is 4.89. The Morgan fingerprint density at radius 3 is 2.28 bits per heavy atom. The van der Waals surface area contributed by atoms with Crippen molar-refractivity contribution < 1.29 is 17.9 Å². The highest BCUT2D eigenvalue weighted by Gasteiger charge is 2.18. The van der Waals surface area contributed by atoms with Crippen LogP contribution in [-0.2, 0) is 14.8 Å². The van der Waals surface area contributed by atoms with Crippen molar-refractivity contribution in [2.45, 2.75) is 45.6 Å². The molecule has 0 saturated carbocycles. The Hall–Kier alpha value is -3.32. The van der Waals surface area contributed by atoms with Crippen molar-refractivity contribution in [2.75, 3.05) is 10.0 Å². The summed E-state index contributed by atoms with van der Waals surface area (Å²) in [6, 6.07) is 17.3. The number of hydrogen-bond acceptors (Lipinski definition) is 4. The molecule has 168 valence electrons. The summed E-state index contributed by atoms with van der Waals surface area (Å²) in [7, 11) is -3.75. The zero-order valence-electron chi connectivity index (χ0n) is 18.9. The van der Waals surface area contributed by atoms with E-state index in [-0.39, 0.29) is 10.8 Å².